The third kappa shape index (κ3) is 3.57. The van der Waals surface area contributed by atoms with Crippen molar-refractivity contribution in [2.45, 2.75) is 32.2 Å². The minimum Gasteiger partial charge on any atom is -0.467 e. The molecule has 2 fully saturated rings. The number of aryl methyl sites for hydroxylation is 1. The van der Waals surface area contributed by atoms with Crippen LogP contribution in [0.15, 0.2) is 29.0 Å². The Balaban J connectivity index is 1.40. The zero-order valence-corrected chi connectivity index (χ0v) is 15.7. The number of primary amides is 1. The monoisotopic (exact) mass is 385 g/mol. The Hall–Kier alpha value is -2.94. The van der Waals surface area contributed by atoms with Gasteiger partial charge in [-0.1, -0.05) is 0 Å². The maximum atomic E-state index is 13.0. The van der Waals surface area contributed by atoms with Gasteiger partial charge in [0.05, 0.1) is 12.9 Å². The van der Waals surface area contributed by atoms with Crippen LogP contribution in [0.4, 0.5) is 5.95 Å². The summed E-state index contributed by atoms with van der Waals surface area (Å²) in [6, 6.07) is 3.27. The van der Waals surface area contributed by atoms with E-state index >= 15 is 0 Å². The van der Waals surface area contributed by atoms with Gasteiger partial charge >= 0.3 is 0 Å². The molecule has 28 heavy (non-hydrogen) atoms. The van der Waals surface area contributed by atoms with Crippen molar-refractivity contribution in [3.8, 4) is 0 Å². The van der Waals surface area contributed by atoms with E-state index in [0.29, 0.717) is 38.5 Å². The van der Waals surface area contributed by atoms with Crippen LogP contribution in [0.25, 0.3) is 0 Å². The number of carbonyl (C=O) groups excluding carboxylic acids is 2. The van der Waals surface area contributed by atoms with Gasteiger partial charge in [-0.3, -0.25) is 14.4 Å². The van der Waals surface area contributed by atoms with E-state index in [1.807, 2.05) is 17.9 Å². The molecular weight excluding hydrogens is 362 g/mol. The fraction of sp³-hybridized carbons (Fsp3) is 0.474. The number of piperidine rings is 1. The fourth-order valence-corrected chi connectivity index (χ4v) is 3.72. The van der Waals surface area contributed by atoms with Crippen LogP contribution in [0.2, 0.25) is 0 Å². The van der Waals surface area contributed by atoms with Gasteiger partial charge in [0.2, 0.25) is 11.9 Å². The number of hydroxylamine groups is 2. The lowest BCUT2D eigenvalue weighted by Gasteiger charge is -2.33. The van der Waals surface area contributed by atoms with E-state index in [2.05, 4.69) is 9.97 Å². The third-order valence-electron chi connectivity index (χ3n) is 5.22. The third-order valence-corrected chi connectivity index (χ3v) is 5.22. The fourth-order valence-electron chi connectivity index (χ4n) is 3.72. The first-order valence-corrected chi connectivity index (χ1v) is 9.42. The smallest absolute Gasteiger partial charge is 0.267 e. The van der Waals surface area contributed by atoms with Crippen molar-refractivity contribution in [3.63, 3.8) is 0 Å². The Bertz CT molecular complexity index is 875. The first-order valence-electron chi connectivity index (χ1n) is 9.42. The second-order valence-corrected chi connectivity index (χ2v) is 7.20. The summed E-state index contributed by atoms with van der Waals surface area (Å²) in [5.74, 6) is 0.496. The quantitative estimate of drug-likeness (QED) is 0.850. The Morgan fingerprint density at radius 1 is 1.25 bits per heavy atom. The van der Waals surface area contributed by atoms with Crippen molar-refractivity contribution in [2.75, 3.05) is 24.6 Å². The van der Waals surface area contributed by atoms with Crippen molar-refractivity contribution >= 4 is 17.8 Å². The average Bonchev–Trinajstić information content (AvgIpc) is 3.36. The molecular formula is C19H23N5O4. The molecule has 0 bridgehead atoms. The van der Waals surface area contributed by atoms with Crippen LogP contribution in [-0.2, 0) is 9.63 Å². The van der Waals surface area contributed by atoms with E-state index in [1.54, 1.807) is 6.26 Å². The highest BCUT2D eigenvalue weighted by molar-refractivity contribution is 5.90. The molecule has 2 saturated heterocycles. The molecule has 0 saturated carbocycles. The van der Waals surface area contributed by atoms with Crippen LogP contribution >= 0.6 is 0 Å². The predicted molar refractivity (Wildman–Crippen MR) is 99.1 cm³/mol. The van der Waals surface area contributed by atoms with Crippen molar-refractivity contribution in [2.24, 2.45) is 11.7 Å². The lowest BCUT2D eigenvalue weighted by atomic mass is 9.95. The number of rotatable bonds is 4. The zero-order chi connectivity index (χ0) is 19.7. The Kier molecular flexibility index (Phi) is 4.99. The van der Waals surface area contributed by atoms with E-state index in [4.69, 9.17) is 15.0 Å². The first kappa shape index (κ1) is 18.4. The number of furan rings is 1. The van der Waals surface area contributed by atoms with Crippen LogP contribution in [-0.4, -0.2) is 46.5 Å². The summed E-state index contributed by atoms with van der Waals surface area (Å²) in [5.41, 5.74) is 6.50. The molecule has 4 heterocycles. The molecule has 2 aromatic rings. The highest BCUT2D eigenvalue weighted by Crippen LogP contribution is 2.34. The molecule has 9 nitrogen and oxygen atoms in total. The lowest BCUT2D eigenvalue weighted by Crippen LogP contribution is -2.42. The first-order chi connectivity index (χ1) is 13.5. The van der Waals surface area contributed by atoms with Gasteiger partial charge in [-0.25, -0.2) is 15.0 Å². The topological polar surface area (TPSA) is 115 Å². The highest BCUT2D eigenvalue weighted by Gasteiger charge is 2.38. The van der Waals surface area contributed by atoms with Gasteiger partial charge in [-0.15, -0.1) is 0 Å². The SMILES string of the molecule is Cc1coc(C2CCON2C(=O)C2CCN(c3nccc(C(N)=O)n3)CC2)c1. The highest BCUT2D eigenvalue weighted by atomic mass is 16.7. The molecule has 1 unspecified atom stereocenters. The Morgan fingerprint density at radius 3 is 2.71 bits per heavy atom. The van der Waals surface area contributed by atoms with Gasteiger partial charge < -0.3 is 15.1 Å². The van der Waals surface area contributed by atoms with Gasteiger partial charge in [0.15, 0.2) is 0 Å². The molecule has 0 spiro atoms. The van der Waals surface area contributed by atoms with Crippen molar-refractivity contribution in [1.82, 2.24) is 15.0 Å². The van der Waals surface area contributed by atoms with Crippen LogP contribution in [0.3, 0.4) is 0 Å². The molecule has 0 aromatic carbocycles. The number of hydrogen-bond donors (Lipinski definition) is 1. The molecule has 0 radical (unpaired) electrons. The summed E-state index contributed by atoms with van der Waals surface area (Å²) in [6.07, 6.45) is 5.26. The van der Waals surface area contributed by atoms with Gasteiger partial charge in [-0.05, 0) is 37.5 Å². The molecule has 1 atom stereocenters. The Morgan fingerprint density at radius 2 is 2.04 bits per heavy atom. The van der Waals surface area contributed by atoms with E-state index in [9.17, 15) is 9.59 Å². The second-order valence-electron chi connectivity index (χ2n) is 7.20. The Labute approximate surface area is 162 Å². The summed E-state index contributed by atoms with van der Waals surface area (Å²) in [4.78, 5) is 40.4. The normalized spacial score (nSPS) is 20.5. The minimum atomic E-state index is -0.584. The van der Waals surface area contributed by atoms with Gasteiger partial charge in [-0.2, -0.15) is 0 Å². The average molecular weight is 385 g/mol. The molecule has 2 aliphatic heterocycles. The van der Waals surface area contributed by atoms with E-state index in [1.165, 1.54) is 17.3 Å². The summed E-state index contributed by atoms with van der Waals surface area (Å²) < 4.78 is 5.58. The van der Waals surface area contributed by atoms with E-state index in [-0.39, 0.29) is 23.6 Å². The van der Waals surface area contributed by atoms with Crippen molar-refractivity contribution in [3.05, 3.63) is 41.6 Å². The van der Waals surface area contributed by atoms with Crippen molar-refractivity contribution in [1.29, 1.82) is 0 Å². The van der Waals surface area contributed by atoms with Crippen LogP contribution in [0.5, 0.6) is 0 Å². The summed E-state index contributed by atoms with van der Waals surface area (Å²) in [6.45, 7) is 3.71. The predicted octanol–water partition coefficient (Wildman–Crippen LogP) is 1.60. The minimum absolute atomic E-state index is 0.0111. The van der Waals surface area contributed by atoms with Crippen LogP contribution in [0, 0.1) is 12.8 Å². The number of carbonyl (C=O) groups is 2. The standard InChI is InChI=1S/C19H23N5O4/c1-12-10-16(27-11-12)15-5-9-28-24(15)18(26)13-3-7-23(8-4-13)19-21-6-2-14(22-19)17(20)25/h2,6,10-11,13,15H,3-5,7-9H2,1H3,(H2,20,25). The number of anilines is 1. The van der Waals surface area contributed by atoms with Crippen LogP contribution in [0.1, 0.15) is 47.1 Å². The lowest BCUT2D eigenvalue weighted by molar-refractivity contribution is -0.183. The number of nitrogens with zero attached hydrogens (tertiary/aromatic N) is 4. The molecule has 9 heteroatoms. The molecule has 148 valence electrons. The van der Waals surface area contributed by atoms with Gasteiger partial charge in [0, 0.05) is 31.6 Å². The number of amides is 2. The zero-order valence-electron chi connectivity index (χ0n) is 15.7. The maximum Gasteiger partial charge on any atom is 0.267 e. The van der Waals surface area contributed by atoms with Crippen LogP contribution < -0.4 is 10.6 Å². The molecule has 4 rings (SSSR count). The second kappa shape index (κ2) is 7.59. The number of hydrogen-bond acceptors (Lipinski definition) is 7. The maximum absolute atomic E-state index is 13.0. The molecule has 2 N–H and O–H groups in total. The molecule has 2 aromatic heterocycles. The molecule has 2 amide bonds. The summed E-state index contributed by atoms with van der Waals surface area (Å²) >= 11 is 0. The van der Waals surface area contributed by atoms with E-state index < -0.39 is 5.91 Å². The van der Waals surface area contributed by atoms with Crippen molar-refractivity contribution < 1.29 is 18.8 Å². The number of aromatic nitrogens is 2. The summed E-state index contributed by atoms with van der Waals surface area (Å²) in [7, 11) is 0. The van der Waals surface area contributed by atoms with Gasteiger partial charge in [0.1, 0.15) is 17.5 Å². The van der Waals surface area contributed by atoms with E-state index in [0.717, 1.165) is 17.7 Å². The van der Waals surface area contributed by atoms with Gasteiger partial charge in [0.25, 0.3) is 5.91 Å². The largest absolute Gasteiger partial charge is 0.467 e. The molecule has 0 aliphatic carbocycles. The number of nitrogens with two attached hydrogens (primary N) is 1. The summed E-state index contributed by atoms with van der Waals surface area (Å²) in [5, 5.41) is 1.49. The molecule has 2 aliphatic rings.